The second-order valence-electron chi connectivity index (χ2n) is 8.50. The molecule has 1 saturated carbocycles. The smallest absolute Gasteiger partial charge is 0.255 e. The number of amides is 1. The molecule has 32 heavy (non-hydrogen) atoms. The summed E-state index contributed by atoms with van der Waals surface area (Å²) in [7, 11) is 1.90. The summed E-state index contributed by atoms with van der Waals surface area (Å²) >= 11 is 0. The second-order valence-corrected chi connectivity index (χ2v) is 8.50. The minimum Gasteiger partial charge on any atom is -0.391 e. The monoisotopic (exact) mass is 430 g/mol. The minimum absolute atomic E-state index is 0.220. The van der Waals surface area contributed by atoms with Crippen LogP contribution in [0.4, 0.5) is 0 Å². The van der Waals surface area contributed by atoms with E-state index in [0.717, 1.165) is 47.9 Å². The molecule has 1 aliphatic carbocycles. The number of rotatable bonds is 5. The average molecular weight is 431 g/mol. The molecule has 1 fully saturated rings. The molecule has 3 aromatic heterocycles. The molecule has 1 aromatic carbocycles. The highest BCUT2D eigenvalue weighted by atomic mass is 16.3. The zero-order valence-corrected chi connectivity index (χ0v) is 18.0. The van der Waals surface area contributed by atoms with Crippen LogP contribution in [0.3, 0.4) is 0 Å². The number of benzene rings is 1. The number of aliphatic hydroxyl groups is 1. The lowest BCUT2D eigenvalue weighted by molar-refractivity contribution is 0.0718. The molecule has 1 amide bonds. The van der Waals surface area contributed by atoms with Crippen LogP contribution in [0.5, 0.6) is 0 Å². The number of hydrogen-bond donors (Lipinski definition) is 2. The minimum atomic E-state index is -0.497. The van der Waals surface area contributed by atoms with Gasteiger partial charge >= 0.3 is 0 Å². The largest absolute Gasteiger partial charge is 0.391 e. The van der Waals surface area contributed by atoms with Gasteiger partial charge in [-0.15, -0.1) is 0 Å². The van der Waals surface area contributed by atoms with Gasteiger partial charge in [-0.2, -0.15) is 10.2 Å². The summed E-state index contributed by atoms with van der Waals surface area (Å²) < 4.78 is 3.43. The lowest BCUT2D eigenvalue weighted by Crippen LogP contribution is -2.45. The Bertz CT molecular complexity index is 1240. The summed E-state index contributed by atoms with van der Waals surface area (Å²) in [5.41, 5.74) is 5.28. The van der Waals surface area contributed by atoms with E-state index in [0.29, 0.717) is 17.6 Å². The van der Waals surface area contributed by atoms with E-state index in [2.05, 4.69) is 44.8 Å². The van der Waals surface area contributed by atoms with E-state index in [1.165, 1.54) is 6.33 Å². The zero-order valence-electron chi connectivity index (χ0n) is 18.0. The number of aliphatic hydroxyl groups excluding tert-OH is 1. The van der Waals surface area contributed by atoms with Gasteiger partial charge in [0.25, 0.3) is 5.91 Å². The summed E-state index contributed by atoms with van der Waals surface area (Å²) in [6, 6.07) is 10.0. The van der Waals surface area contributed by atoms with Crippen LogP contribution in [-0.4, -0.2) is 47.5 Å². The van der Waals surface area contributed by atoms with Gasteiger partial charge in [0.1, 0.15) is 6.33 Å². The van der Waals surface area contributed by atoms with Crippen molar-refractivity contribution in [3.05, 3.63) is 71.9 Å². The Balaban J connectivity index is 1.38. The predicted octanol–water partition coefficient (Wildman–Crippen LogP) is 2.75. The second kappa shape index (κ2) is 8.55. The molecule has 0 unspecified atom stereocenters. The van der Waals surface area contributed by atoms with E-state index in [1.807, 2.05) is 31.7 Å². The molecule has 3 heterocycles. The molecule has 2 N–H and O–H groups in total. The van der Waals surface area contributed by atoms with E-state index in [4.69, 9.17) is 0 Å². The Morgan fingerprint density at radius 3 is 2.66 bits per heavy atom. The van der Waals surface area contributed by atoms with Gasteiger partial charge in [0.05, 0.1) is 23.9 Å². The Labute approximate surface area is 185 Å². The molecule has 8 nitrogen and oxygen atoms in total. The first-order valence-corrected chi connectivity index (χ1v) is 11.0. The van der Waals surface area contributed by atoms with Gasteiger partial charge in [0.2, 0.25) is 0 Å². The van der Waals surface area contributed by atoms with Crippen LogP contribution < -0.4 is 5.32 Å². The first-order chi connectivity index (χ1) is 15.6. The fourth-order valence-electron chi connectivity index (χ4n) is 4.39. The van der Waals surface area contributed by atoms with E-state index in [-0.39, 0.29) is 11.9 Å². The number of carbonyl (C=O) groups excluding carboxylic acids is 1. The maximum Gasteiger partial charge on any atom is 0.255 e. The molecular formula is C24H26N6O2. The summed E-state index contributed by atoms with van der Waals surface area (Å²) in [6.45, 7) is 0. The fraction of sp³-hybridized carbons (Fsp3) is 0.333. The van der Waals surface area contributed by atoms with Crippen molar-refractivity contribution >= 4 is 11.6 Å². The first-order valence-electron chi connectivity index (χ1n) is 11.0. The summed E-state index contributed by atoms with van der Waals surface area (Å²) in [5, 5.41) is 21.7. The highest BCUT2D eigenvalue weighted by Crippen LogP contribution is 2.22. The maximum atomic E-state index is 13.1. The van der Waals surface area contributed by atoms with Crippen LogP contribution in [0.2, 0.25) is 0 Å². The van der Waals surface area contributed by atoms with Crippen molar-refractivity contribution in [3.63, 3.8) is 0 Å². The fourth-order valence-corrected chi connectivity index (χ4v) is 4.39. The van der Waals surface area contributed by atoms with Crippen LogP contribution in [0, 0.1) is 0 Å². The number of fused-ring (bicyclic) bond motifs is 1. The van der Waals surface area contributed by atoms with Crippen molar-refractivity contribution in [2.24, 2.45) is 7.05 Å². The van der Waals surface area contributed by atoms with E-state index in [9.17, 15) is 9.90 Å². The summed E-state index contributed by atoms with van der Waals surface area (Å²) in [6.07, 6.45) is 10.9. The van der Waals surface area contributed by atoms with Crippen molar-refractivity contribution in [1.82, 2.24) is 29.7 Å². The van der Waals surface area contributed by atoms with Crippen molar-refractivity contribution in [3.8, 4) is 11.1 Å². The highest BCUT2D eigenvalue weighted by molar-refractivity contribution is 6.00. The molecule has 4 aromatic rings. The normalized spacial score (nSPS) is 18.7. The third-order valence-corrected chi connectivity index (χ3v) is 6.12. The van der Waals surface area contributed by atoms with Crippen LogP contribution in [0.1, 0.15) is 47.2 Å². The molecule has 164 valence electrons. The van der Waals surface area contributed by atoms with Gasteiger partial charge in [-0.05, 0) is 42.0 Å². The van der Waals surface area contributed by atoms with Gasteiger partial charge in [0, 0.05) is 25.0 Å². The molecule has 8 heteroatoms. The third-order valence-electron chi connectivity index (χ3n) is 6.12. The van der Waals surface area contributed by atoms with Gasteiger partial charge < -0.3 is 10.4 Å². The molecule has 0 bridgehead atoms. The molecule has 0 radical (unpaired) electrons. The predicted molar refractivity (Wildman–Crippen MR) is 120 cm³/mol. The maximum absolute atomic E-state index is 13.1. The molecule has 2 atom stereocenters. The molecule has 0 aliphatic heterocycles. The number of nitrogens with one attached hydrogen (secondary N) is 1. The van der Waals surface area contributed by atoms with Gasteiger partial charge in [0.15, 0.2) is 5.65 Å². The molecular weight excluding hydrogens is 404 g/mol. The Morgan fingerprint density at radius 2 is 1.91 bits per heavy atom. The van der Waals surface area contributed by atoms with Crippen LogP contribution in [0.25, 0.3) is 16.8 Å². The number of carbonyl (C=O) groups is 1. The van der Waals surface area contributed by atoms with Crippen molar-refractivity contribution in [2.45, 2.75) is 44.2 Å². The quantitative estimate of drug-likeness (QED) is 0.507. The van der Waals surface area contributed by atoms with E-state index >= 15 is 0 Å². The molecule has 5 rings (SSSR count). The number of hydrogen-bond acceptors (Lipinski definition) is 5. The van der Waals surface area contributed by atoms with Crippen LogP contribution >= 0.6 is 0 Å². The van der Waals surface area contributed by atoms with Crippen LogP contribution in [0.15, 0.2) is 55.2 Å². The highest BCUT2D eigenvalue weighted by Gasteiger charge is 2.26. The van der Waals surface area contributed by atoms with Crippen molar-refractivity contribution in [2.75, 3.05) is 0 Å². The number of pyridine rings is 1. The lowest BCUT2D eigenvalue weighted by Gasteiger charge is -2.28. The summed E-state index contributed by atoms with van der Waals surface area (Å²) in [4.78, 5) is 17.3. The Morgan fingerprint density at radius 1 is 1.09 bits per heavy atom. The van der Waals surface area contributed by atoms with Crippen molar-refractivity contribution in [1.29, 1.82) is 0 Å². The first kappa shape index (κ1) is 20.4. The molecule has 0 spiro atoms. The van der Waals surface area contributed by atoms with Gasteiger partial charge in [-0.25, -0.2) is 9.50 Å². The zero-order chi connectivity index (χ0) is 22.1. The topological polar surface area (TPSA) is 97.3 Å². The SMILES string of the molecule is Cn1cc(-c2ccc(Cc3cc(C(=O)N[C@H]4CCCC[C@@H]4O)c4ncnn4c3)cc2)cn1. The van der Waals surface area contributed by atoms with Gasteiger partial charge in [-0.1, -0.05) is 37.1 Å². The van der Waals surface area contributed by atoms with Crippen LogP contribution in [-0.2, 0) is 13.5 Å². The Kier molecular flexibility index (Phi) is 5.45. The molecule has 1 aliphatic rings. The number of aromatic nitrogens is 5. The summed E-state index contributed by atoms with van der Waals surface area (Å²) in [5.74, 6) is -0.220. The number of nitrogens with zero attached hydrogens (tertiary/aromatic N) is 5. The van der Waals surface area contributed by atoms with Gasteiger partial charge in [-0.3, -0.25) is 9.48 Å². The third kappa shape index (κ3) is 4.13. The molecule has 0 saturated heterocycles. The van der Waals surface area contributed by atoms with E-state index in [1.54, 1.807) is 9.20 Å². The van der Waals surface area contributed by atoms with E-state index < -0.39 is 6.10 Å². The average Bonchev–Trinajstić information content (AvgIpc) is 3.44. The lowest BCUT2D eigenvalue weighted by atomic mass is 9.92. The Hall–Kier alpha value is -3.52. The number of aryl methyl sites for hydroxylation is 1. The standard InChI is InChI=1S/C24H26N6O2/c1-29-14-19(12-26-29)18-8-6-16(7-9-18)10-17-11-20(23-25-15-27-30(23)13-17)24(32)28-21-4-2-3-5-22(21)31/h6-9,11-15,21-22,31H,2-5,10H2,1H3,(H,28,32)/t21-,22-/m0/s1. The van der Waals surface area contributed by atoms with Crippen molar-refractivity contribution < 1.29 is 9.90 Å².